The van der Waals surface area contributed by atoms with Crippen molar-refractivity contribution in [3.63, 3.8) is 0 Å². The summed E-state index contributed by atoms with van der Waals surface area (Å²) >= 11 is 0. The molecule has 7 nitrogen and oxygen atoms in total. The van der Waals surface area contributed by atoms with E-state index in [1.807, 2.05) is 0 Å². The fourth-order valence-corrected chi connectivity index (χ4v) is 5.68. The zero-order valence-corrected chi connectivity index (χ0v) is 18.7. The van der Waals surface area contributed by atoms with E-state index in [1.54, 1.807) is 17.9 Å². The lowest BCUT2D eigenvalue weighted by atomic mass is 9.87. The third kappa shape index (κ3) is 3.57. The van der Waals surface area contributed by atoms with Gasteiger partial charge in [0.2, 0.25) is 0 Å². The summed E-state index contributed by atoms with van der Waals surface area (Å²) in [5.41, 5.74) is 0.102. The van der Waals surface area contributed by atoms with E-state index in [9.17, 15) is 18.8 Å². The number of amides is 1. The molecule has 33 heavy (non-hydrogen) atoms. The maximum absolute atomic E-state index is 13.9. The monoisotopic (exact) mass is 456 g/mol. The quantitative estimate of drug-likeness (QED) is 0.691. The first-order chi connectivity index (χ1) is 15.8. The summed E-state index contributed by atoms with van der Waals surface area (Å²) < 4.78 is 39.4. The molecule has 1 spiro atoms. The number of piperidine rings is 1. The second-order valence-electron chi connectivity index (χ2n) is 9.18. The predicted octanol–water partition coefficient (Wildman–Crippen LogP) is 3.68. The summed E-state index contributed by atoms with van der Waals surface area (Å²) in [4.78, 5) is 21.9. The highest BCUT2D eigenvalue weighted by Crippen LogP contribution is 2.46. The lowest BCUT2D eigenvalue weighted by Gasteiger charge is -2.38. The van der Waals surface area contributed by atoms with Crippen LogP contribution in [0.2, 0.25) is 0 Å². The molecule has 9 heteroatoms. The van der Waals surface area contributed by atoms with Crippen LogP contribution < -0.4 is 9.64 Å². The van der Waals surface area contributed by atoms with Gasteiger partial charge in [-0.2, -0.15) is 5.26 Å². The number of methoxy groups -OCH3 is 1. The molecule has 174 valence electrons. The molecule has 1 aliphatic carbocycles. The van der Waals surface area contributed by atoms with E-state index in [0.29, 0.717) is 61.6 Å². The van der Waals surface area contributed by atoms with Crippen LogP contribution in [-0.2, 0) is 9.53 Å². The average molecular weight is 456 g/mol. The van der Waals surface area contributed by atoms with Gasteiger partial charge in [-0.1, -0.05) is 0 Å². The van der Waals surface area contributed by atoms with Crippen molar-refractivity contribution in [3.8, 4) is 11.8 Å². The summed E-state index contributed by atoms with van der Waals surface area (Å²) in [6, 6.07) is 3.62. The van der Waals surface area contributed by atoms with Gasteiger partial charge in [0.15, 0.2) is 5.60 Å². The standard InChI is InChI=1S/C24H26F2N4O3/c1-14-18(13-27)20(32-2)12-21(28-14)29-7-5-24(6-8-29)23(31)30-19(3-4-22(30)33-24)15-9-16(25)11-17(26)10-15/h9,11-12,15,19,22H,3-8,10H2,1-2H3/t15?,19-,22+/m0/s1. The Bertz CT molecular complexity index is 1090. The van der Waals surface area contributed by atoms with Crippen molar-refractivity contribution in [1.29, 1.82) is 5.26 Å². The zero-order chi connectivity index (χ0) is 23.3. The summed E-state index contributed by atoms with van der Waals surface area (Å²) in [7, 11) is 1.52. The molecule has 1 aromatic heterocycles. The number of ether oxygens (including phenoxy) is 2. The Morgan fingerprint density at radius 3 is 2.73 bits per heavy atom. The molecule has 3 fully saturated rings. The number of allylic oxidation sites excluding steroid dienone is 3. The van der Waals surface area contributed by atoms with Gasteiger partial charge in [-0.3, -0.25) is 4.79 Å². The van der Waals surface area contributed by atoms with Crippen LogP contribution in [0.15, 0.2) is 29.9 Å². The fraction of sp³-hybridized carbons (Fsp3) is 0.542. The molecule has 1 amide bonds. The summed E-state index contributed by atoms with van der Waals surface area (Å²) in [5.74, 6) is -0.331. The van der Waals surface area contributed by atoms with Crippen LogP contribution in [0.5, 0.6) is 5.75 Å². The van der Waals surface area contributed by atoms with E-state index in [4.69, 9.17) is 9.47 Å². The first-order valence-corrected chi connectivity index (χ1v) is 11.3. The SMILES string of the molecule is COc1cc(N2CCC3(CC2)O[C@@H]2CC[C@@H](C4C=C(F)C=C(F)C4)N2C3=O)nc(C)c1C#N. The number of hydrogen-bond donors (Lipinski definition) is 0. The van der Waals surface area contributed by atoms with Crippen molar-refractivity contribution in [3.05, 3.63) is 41.1 Å². The van der Waals surface area contributed by atoms with Crippen LogP contribution >= 0.6 is 0 Å². The van der Waals surface area contributed by atoms with Crippen molar-refractivity contribution in [2.75, 3.05) is 25.1 Å². The highest BCUT2D eigenvalue weighted by Gasteiger charge is 2.58. The fourth-order valence-electron chi connectivity index (χ4n) is 5.68. The largest absolute Gasteiger partial charge is 0.495 e. The number of carbonyl (C=O) groups excluding carboxylic acids is 1. The van der Waals surface area contributed by atoms with Crippen molar-refractivity contribution in [2.24, 2.45) is 5.92 Å². The smallest absolute Gasteiger partial charge is 0.257 e. The number of nitriles is 1. The van der Waals surface area contributed by atoms with E-state index in [-0.39, 0.29) is 30.5 Å². The van der Waals surface area contributed by atoms with Gasteiger partial charge in [0.05, 0.1) is 12.8 Å². The van der Waals surface area contributed by atoms with Crippen molar-refractivity contribution in [2.45, 2.75) is 56.9 Å². The first kappa shape index (κ1) is 21.8. The molecule has 0 radical (unpaired) electrons. The minimum Gasteiger partial charge on any atom is -0.495 e. The number of fused-ring (bicyclic) bond motifs is 1. The minimum absolute atomic E-state index is 0.0695. The van der Waals surface area contributed by atoms with Gasteiger partial charge < -0.3 is 19.3 Å². The van der Waals surface area contributed by atoms with Gasteiger partial charge >= 0.3 is 0 Å². The molecule has 3 atom stereocenters. The number of aromatic nitrogens is 1. The van der Waals surface area contributed by atoms with Gasteiger partial charge in [0.1, 0.15) is 41.1 Å². The molecule has 4 heterocycles. The van der Waals surface area contributed by atoms with Crippen molar-refractivity contribution < 1.29 is 23.0 Å². The van der Waals surface area contributed by atoms with Crippen LogP contribution in [-0.4, -0.2) is 53.9 Å². The predicted molar refractivity (Wildman–Crippen MR) is 116 cm³/mol. The Labute approximate surface area is 191 Å². The van der Waals surface area contributed by atoms with Crippen LogP contribution in [0.1, 0.15) is 43.4 Å². The molecule has 0 bridgehead atoms. The third-order valence-corrected chi connectivity index (χ3v) is 7.33. The van der Waals surface area contributed by atoms with Crippen LogP contribution in [0.25, 0.3) is 0 Å². The lowest BCUT2D eigenvalue weighted by Crippen LogP contribution is -2.52. The number of carbonyl (C=O) groups is 1. The van der Waals surface area contributed by atoms with Crippen molar-refractivity contribution in [1.82, 2.24) is 9.88 Å². The third-order valence-electron chi connectivity index (χ3n) is 7.33. The molecule has 4 aliphatic rings. The number of pyridine rings is 1. The minimum atomic E-state index is -0.906. The molecule has 5 rings (SSSR count). The van der Waals surface area contributed by atoms with E-state index in [2.05, 4.69) is 16.0 Å². The lowest BCUT2D eigenvalue weighted by molar-refractivity contribution is -0.140. The Hall–Kier alpha value is -2.99. The van der Waals surface area contributed by atoms with E-state index >= 15 is 0 Å². The molecule has 1 unspecified atom stereocenters. The average Bonchev–Trinajstić information content (AvgIpc) is 3.31. The molecule has 3 saturated heterocycles. The molecular weight excluding hydrogens is 430 g/mol. The van der Waals surface area contributed by atoms with Crippen LogP contribution in [0, 0.1) is 24.2 Å². The Morgan fingerprint density at radius 2 is 2.06 bits per heavy atom. The van der Waals surface area contributed by atoms with Gasteiger partial charge in [-0.15, -0.1) is 0 Å². The second kappa shape index (κ2) is 8.10. The van der Waals surface area contributed by atoms with E-state index < -0.39 is 17.3 Å². The highest BCUT2D eigenvalue weighted by atomic mass is 19.1. The number of rotatable bonds is 3. The number of hydrogen-bond acceptors (Lipinski definition) is 6. The first-order valence-electron chi connectivity index (χ1n) is 11.3. The number of nitrogens with zero attached hydrogens (tertiary/aromatic N) is 4. The molecule has 3 aliphatic heterocycles. The Balaban J connectivity index is 1.31. The Morgan fingerprint density at radius 1 is 1.30 bits per heavy atom. The summed E-state index contributed by atoms with van der Waals surface area (Å²) in [6.45, 7) is 2.90. The summed E-state index contributed by atoms with van der Waals surface area (Å²) in [6.07, 6.45) is 4.46. The summed E-state index contributed by atoms with van der Waals surface area (Å²) in [5, 5.41) is 9.33. The molecule has 0 aromatic carbocycles. The number of halogens is 2. The maximum Gasteiger partial charge on any atom is 0.257 e. The van der Waals surface area contributed by atoms with Crippen LogP contribution in [0.3, 0.4) is 0 Å². The van der Waals surface area contributed by atoms with Gasteiger partial charge in [0.25, 0.3) is 5.91 Å². The van der Waals surface area contributed by atoms with E-state index in [1.165, 1.54) is 13.2 Å². The van der Waals surface area contributed by atoms with Crippen LogP contribution in [0.4, 0.5) is 14.6 Å². The van der Waals surface area contributed by atoms with Gasteiger partial charge in [-0.05, 0) is 25.8 Å². The maximum atomic E-state index is 13.9. The highest BCUT2D eigenvalue weighted by molar-refractivity contribution is 5.88. The number of aryl methyl sites for hydroxylation is 1. The Kier molecular flexibility index (Phi) is 5.36. The van der Waals surface area contributed by atoms with Gasteiger partial charge in [-0.25, -0.2) is 13.8 Å². The zero-order valence-electron chi connectivity index (χ0n) is 18.7. The second-order valence-corrected chi connectivity index (χ2v) is 9.18. The molecule has 0 N–H and O–H groups in total. The van der Waals surface area contributed by atoms with Crippen molar-refractivity contribution >= 4 is 11.7 Å². The van der Waals surface area contributed by atoms with E-state index in [0.717, 1.165) is 6.08 Å². The normalized spacial score (nSPS) is 28.5. The number of anilines is 1. The van der Waals surface area contributed by atoms with Gasteiger partial charge in [0, 0.05) is 56.5 Å². The molecule has 0 saturated carbocycles. The topological polar surface area (TPSA) is 78.7 Å². The molecular formula is C24H26F2N4O3. The molecule has 1 aromatic rings.